The van der Waals surface area contributed by atoms with Gasteiger partial charge in [0.05, 0.1) is 18.2 Å². The van der Waals surface area contributed by atoms with Gasteiger partial charge in [-0.1, -0.05) is 0 Å². The number of ether oxygens (including phenoxy) is 1. The van der Waals surface area contributed by atoms with Gasteiger partial charge in [0.15, 0.2) is 0 Å². The molecule has 0 saturated heterocycles. The van der Waals surface area contributed by atoms with Gasteiger partial charge in [-0.05, 0) is 30.7 Å². The van der Waals surface area contributed by atoms with Gasteiger partial charge < -0.3 is 15.0 Å². The van der Waals surface area contributed by atoms with E-state index in [1.54, 1.807) is 7.11 Å². The van der Waals surface area contributed by atoms with Crippen molar-refractivity contribution in [1.82, 2.24) is 15.3 Å². The van der Waals surface area contributed by atoms with E-state index >= 15 is 0 Å². The van der Waals surface area contributed by atoms with Crippen LogP contribution in [0.4, 0.5) is 0 Å². The van der Waals surface area contributed by atoms with E-state index in [9.17, 15) is 4.79 Å². The van der Waals surface area contributed by atoms with Gasteiger partial charge in [-0.2, -0.15) is 0 Å². The van der Waals surface area contributed by atoms with Gasteiger partial charge in [-0.3, -0.25) is 4.79 Å². The van der Waals surface area contributed by atoms with Crippen molar-refractivity contribution in [3.63, 3.8) is 0 Å². The topological polar surface area (TPSA) is 67.0 Å². The van der Waals surface area contributed by atoms with Crippen LogP contribution in [0.15, 0.2) is 16.2 Å². The molecule has 2 unspecified atom stereocenters. The summed E-state index contributed by atoms with van der Waals surface area (Å²) < 4.78 is 6.13. The molecule has 2 atom stereocenters. The van der Waals surface area contributed by atoms with Crippen LogP contribution in [0.5, 0.6) is 0 Å². The number of aromatic nitrogens is 2. The van der Waals surface area contributed by atoms with Crippen LogP contribution in [-0.4, -0.2) is 29.2 Å². The minimum atomic E-state index is -0.0495. The molecule has 2 N–H and O–H groups in total. The number of hydrogen-bond donors (Lipinski definition) is 2. The minimum absolute atomic E-state index is 0.0495. The molecule has 2 aromatic heterocycles. The Hall–Kier alpha value is -1.24. The Morgan fingerprint density at radius 3 is 3.32 bits per heavy atom. The Morgan fingerprint density at radius 2 is 2.47 bits per heavy atom. The molecular formula is C13H17N3O2S. The van der Waals surface area contributed by atoms with Crippen LogP contribution in [-0.2, 0) is 11.3 Å². The average Bonchev–Trinajstić information content (AvgIpc) is 3.04. The summed E-state index contributed by atoms with van der Waals surface area (Å²) >= 11 is 1.42. The molecule has 1 saturated carbocycles. The predicted molar refractivity (Wildman–Crippen MR) is 75.5 cm³/mol. The molecule has 5 nitrogen and oxygen atoms in total. The van der Waals surface area contributed by atoms with Crippen molar-refractivity contribution in [2.75, 3.05) is 7.11 Å². The summed E-state index contributed by atoms with van der Waals surface area (Å²) in [5.74, 6) is 0.692. The second-order valence-corrected chi connectivity index (χ2v) is 5.76. The fourth-order valence-electron chi connectivity index (χ4n) is 2.67. The largest absolute Gasteiger partial charge is 0.380 e. The van der Waals surface area contributed by atoms with Gasteiger partial charge in [-0.15, -0.1) is 11.3 Å². The molecule has 19 heavy (non-hydrogen) atoms. The number of nitrogens with zero attached hydrogens (tertiary/aromatic N) is 1. The molecule has 2 heterocycles. The van der Waals surface area contributed by atoms with Crippen LogP contribution < -0.4 is 10.9 Å². The van der Waals surface area contributed by atoms with Gasteiger partial charge in [0, 0.05) is 13.2 Å². The standard InChI is InChI=1S/C13H17N3O2S/c1-18-10-4-2-3-8(10)14-7-11-15-9-5-6-19-12(9)13(17)16-11/h5-6,8,10,14H,2-4,7H2,1H3,(H,15,16,17). The van der Waals surface area contributed by atoms with Crippen molar-refractivity contribution in [2.24, 2.45) is 0 Å². The van der Waals surface area contributed by atoms with Gasteiger partial charge >= 0.3 is 0 Å². The summed E-state index contributed by atoms with van der Waals surface area (Å²) in [5.41, 5.74) is 0.728. The fourth-order valence-corrected chi connectivity index (χ4v) is 3.40. The normalized spacial score (nSPS) is 23.2. The van der Waals surface area contributed by atoms with Crippen LogP contribution in [0.2, 0.25) is 0 Å². The van der Waals surface area contributed by atoms with Crippen LogP contribution in [0.25, 0.3) is 10.2 Å². The van der Waals surface area contributed by atoms with Gasteiger partial charge in [0.25, 0.3) is 5.56 Å². The molecule has 0 radical (unpaired) electrons. The maximum absolute atomic E-state index is 11.8. The van der Waals surface area contributed by atoms with Crippen molar-refractivity contribution >= 4 is 21.6 Å². The zero-order chi connectivity index (χ0) is 13.2. The summed E-state index contributed by atoms with van der Waals surface area (Å²) in [5, 5.41) is 5.32. The van der Waals surface area contributed by atoms with Crippen LogP contribution >= 0.6 is 11.3 Å². The Kier molecular flexibility index (Phi) is 3.63. The number of H-pyrrole nitrogens is 1. The van der Waals surface area contributed by atoms with Crippen molar-refractivity contribution in [1.29, 1.82) is 0 Å². The molecule has 1 aliphatic carbocycles. The lowest BCUT2D eigenvalue weighted by Gasteiger charge is -2.19. The summed E-state index contributed by atoms with van der Waals surface area (Å²) in [6, 6.07) is 2.24. The average molecular weight is 279 g/mol. The fraction of sp³-hybridized carbons (Fsp3) is 0.538. The Bertz CT molecular complexity index is 622. The van der Waals surface area contributed by atoms with E-state index in [2.05, 4.69) is 15.3 Å². The van der Waals surface area contributed by atoms with Crippen molar-refractivity contribution in [3.8, 4) is 0 Å². The number of hydrogen-bond acceptors (Lipinski definition) is 5. The molecule has 2 aromatic rings. The molecule has 0 aromatic carbocycles. The Labute approximate surface area is 115 Å². The van der Waals surface area contributed by atoms with Crippen molar-refractivity contribution in [2.45, 2.75) is 38.0 Å². The van der Waals surface area contributed by atoms with Crippen molar-refractivity contribution in [3.05, 3.63) is 27.6 Å². The molecule has 3 rings (SSSR count). The highest BCUT2D eigenvalue weighted by atomic mass is 32.1. The van der Waals surface area contributed by atoms with Gasteiger partial charge in [0.2, 0.25) is 0 Å². The number of thiophene rings is 1. The quantitative estimate of drug-likeness (QED) is 0.893. The molecule has 0 bridgehead atoms. The predicted octanol–water partition coefficient (Wildman–Crippen LogP) is 1.64. The van der Waals surface area contributed by atoms with Crippen LogP contribution in [0.3, 0.4) is 0 Å². The van der Waals surface area contributed by atoms with E-state index in [4.69, 9.17) is 4.74 Å². The van der Waals surface area contributed by atoms with E-state index in [-0.39, 0.29) is 11.7 Å². The molecule has 102 valence electrons. The lowest BCUT2D eigenvalue weighted by atomic mass is 10.2. The van der Waals surface area contributed by atoms with Gasteiger partial charge in [0.1, 0.15) is 10.5 Å². The first-order chi connectivity index (χ1) is 9.28. The molecule has 6 heteroatoms. The number of fused-ring (bicyclic) bond motifs is 1. The molecule has 1 fully saturated rings. The van der Waals surface area contributed by atoms with E-state index in [0.717, 1.165) is 18.4 Å². The third-order valence-corrected chi connectivity index (χ3v) is 4.55. The maximum Gasteiger partial charge on any atom is 0.268 e. The van der Waals surface area contributed by atoms with E-state index in [1.807, 2.05) is 11.4 Å². The molecular weight excluding hydrogens is 262 g/mol. The summed E-state index contributed by atoms with van der Waals surface area (Å²) in [6.45, 7) is 0.575. The molecule has 0 aliphatic heterocycles. The number of nitrogens with one attached hydrogen (secondary N) is 2. The molecule has 1 aliphatic rings. The summed E-state index contributed by atoms with van der Waals surface area (Å²) in [7, 11) is 1.75. The first kappa shape index (κ1) is 12.8. The lowest BCUT2D eigenvalue weighted by Crippen LogP contribution is -2.37. The highest BCUT2D eigenvalue weighted by molar-refractivity contribution is 7.17. The third kappa shape index (κ3) is 2.56. The number of methoxy groups -OCH3 is 1. The first-order valence-corrected chi connectivity index (χ1v) is 7.38. The second-order valence-electron chi connectivity index (χ2n) is 4.84. The summed E-state index contributed by atoms with van der Waals surface area (Å²) in [6.07, 6.45) is 3.67. The lowest BCUT2D eigenvalue weighted by molar-refractivity contribution is 0.0845. The third-order valence-electron chi connectivity index (χ3n) is 3.65. The second kappa shape index (κ2) is 5.40. The Balaban J connectivity index is 1.73. The summed E-state index contributed by atoms with van der Waals surface area (Å²) in [4.78, 5) is 19.1. The zero-order valence-corrected chi connectivity index (χ0v) is 11.6. The van der Waals surface area contributed by atoms with Crippen LogP contribution in [0.1, 0.15) is 25.1 Å². The van der Waals surface area contributed by atoms with E-state index in [1.165, 1.54) is 17.8 Å². The van der Waals surface area contributed by atoms with Crippen molar-refractivity contribution < 1.29 is 4.74 Å². The number of rotatable bonds is 4. The SMILES string of the molecule is COC1CCCC1NCc1nc2ccsc2c(=O)[nH]1. The van der Waals surface area contributed by atoms with E-state index < -0.39 is 0 Å². The monoisotopic (exact) mass is 279 g/mol. The Morgan fingerprint density at radius 1 is 1.58 bits per heavy atom. The smallest absolute Gasteiger partial charge is 0.268 e. The van der Waals surface area contributed by atoms with Crippen LogP contribution in [0, 0.1) is 0 Å². The molecule has 0 amide bonds. The molecule has 0 spiro atoms. The van der Waals surface area contributed by atoms with E-state index in [0.29, 0.717) is 23.1 Å². The number of aromatic amines is 1. The maximum atomic E-state index is 11.8. The minimum Gasteiger partial charge on any atom is -0.380 e. The highest BCUT2D eigenvalue weighted by Gasteiger charge is 2.26. The van der Waals surface area contributed by atoms with Gasteiger partial charge in [-0.25, -0.2) is 4.98 Å². The zero-order valence-electron chi connectivity index (χ0n) is 10.8. The first-order valence-electron chi connectivity index (χ1n) is 6.50. The highest BCUT2D eigenvalue weighted by Crippen LogP contribution is 2.21.